The van der Waals surface area contributed by atoms with Gasteiger partial charge in [-0.3, -0.25) is 14.5 Å². The Balaban J connectivity index is 1.80. The largest absolute Gasteiger partial charge is 0.393 e. The quantitative estimate of drug-likeness (QED) is 0.839. The number of nitrogens with zero attached hydrogens (tertiary/aromatic N) is 1. The molecule has 4 nitrogen and oxygen atoms in total. The van der Waals surface area contributed by atoms with Gasteiger partial charge in [0.2, 0.25) is 0 Å². The van der Waals surface area contributed by atoms with Crippen LogP contribution in [0.1, 0.15) is 46.9 Å². The van der Waals surface area contributed by atoms with Crippen LogP contribution in [0.25, 0.3) is 0 Å². The number of hydrogen-bond acceptors (Lipinski definition) is 3. The Bertz CT molecular complexity index is 519. The average molecular weight is 273 g/mol. The van der Waals surface area contributed by atoms with Crippen molar-refractivity contribution in [2.75, 3.05) is 6.54 Å². The van der Waals surface area contributed by atoms with Crippen LogP contribution in [0.3, 0.4) is 0 Å². The van der Waals surface area contributed by atoms with E-state index in [2.05, 4.69) is 0 Å². The van der Waals surface area contributed by atoms with Crippen LogP contribution in [0.15, 0.2) is 24.3 Å². The molecule has 20 heavy (non-hydrogen) atoms. The van der Waals surface area contributed by atoms with E-state index in [1.165, 1.54) is 4.90 Å². The van der Waals surface area contributed by atoms with E-state index < -0.39 is 0 Å². The molecule has 1 aliphatic heterocycles. The molecule has 0 radical (unpaired) electrons. The zero-order chi connectivity index (χ0) is 14.3. The van der Waals surface area contributed by atoms with Crippen molar-refractivity contribution in [3.8, 4) is 0 Å². The van der Waals surface area contributed by atoms with Crippen molar-refractivity contribution in [2.45, 2.75) is 32.3 Å². The van der Waals surface area contributed by atoms with Crippen molar-refractivity contribution in [1.82, 2.24) is 4.90 Å². The second-order valence-electron chi connectivity index (χ2n) is 5.88. The molecule has 3 unspecified atom stereocenters. The zero-order valence-electron chi connectivity index (χ0n) is 11.6. The highest BCUT2D eigenvalue weighted by molar-refractivity contribution is 6.21. The molecule has 0 bridgehead atoms. The standard InChI is InChI=1S/C16H19NO3/c1-10-11(5-4-8-14(10)18)9-17-15(19)12-6-2-3-7-13(12)16(17)20/h2-3,6-7,10-11,14,18H,4-5,8-9H2,1H3. The predicted octanol–water partition coefficient (Wildman–Crippen LogP) is 2.08. The lowest BCUT2D eigenvalue weighted by atomic mass is 9.78. The molecule has 3 rings (SSSR count). The normalized spacial score (nSPS) is 29.7. The van der Waals surface area contributed by atoms with Gasteiger partial charge in [-0.15, -0.1) is 0 Å². The van der Waals surface area contributed by atoms with E-state index in [0.29, 0.717) is 17.7 Å². The van der Waals surface area contributed by atoms with Crippen LogP contribution in [-0.4, -0.2) is 34.5 Å². The summed E-state index contributed by atoms with van der Waals surface area (Å²) in [5, 5.41) is 9.94. The SMILES string of the molecule is CC1C(O)CCCC1CN1C(=O)c2ccccc2C1=O. The second-order valence-corrected chi connectivity index (χ2v) is 5.88. The molecular weight excluding hydrogens is 254 g/mol. The van der Waals surface area contributed by atoms with Crippen LogP contribution in [0, 0.1) is 11.8 Å². The van der Waals surface area contributed by atoms with Gasteiger partial charge >= 0.3 is 0 Å². The molecule has 1 fully saturated rings. The van der Waals surface area contributed by atoms with E-state index >= 15 is 0 Å². The van der Waals surface area contributed by atoms with Gasteiger partial charge in [-0.1, -0.05) is 25.5 Å². The number of rotatable bonds is 2. The van der Waals surface area contributed by atoms with E-state index in [4.69, 9.17) is 0 Å². The topological polar surface area (TPSA) is 57.6 Å². The smallest absolute Gasteiger partial charge is 0.261 e. The first-order valence-electron chi connectivity index (χ1n) is 7.23. The average Bonchev–Trinajstić information content (AvgIpc) is 2.69. The first-order chi connectivity index (χ1) is 9.59. The summed E-state index contributed by atoms with van der Waals surface area (Å²) >= 11 is 0. The second kappa shape index (κ2) is 5.02. The molecule has 2 aliphatic rings. The highest BCUT2D eigenvalue weighted by atomic mass is 16.3. The summed E-state index contributed by atoms with van der Waals surface area (Å²) < 4.78 is 0. The number of fused-ring (bicyclic) bond motifs is 1. The fourth-order valence-electron chi connectivity index (χ4n) is 3.33. The highest BCUT2D eigenvalue weighted by Crippen LogP contribution is 2.32. The summed E-state index contributed by atoms with van der Waals surface area (Å²) in [5.41, 5.74) is 1.00. The van der Waals surface area contributed by atoms with Gasteiger partial charge in [0, 0.05) is 6.54 Å². The molecule has 106 valence electrons. The molecule has 1 aromatic rings. The van der Waals surface area contributed by atoms with Crippen molar-refractivity contribution in [3.05, 3.63) is 35.4 Å². The lowest BCUT2D eigenvalue weighted by molar-refractivity contribution is 0.0264. The first kappa shape index (κ1) is 13.3. The summed E-state index contributed by atoms with van der Waals surface area (Å²) in [6.45, 7) is 2.43. The van der Waals surface area contributed by atoms with Crippen molar-refractivity contribution in [2.24, 2.45) is 11.8 Å². The summed E-state index contributed by atoms with van der Waals surface area (Å²) in [7, 11) is 0. The van der Waals surface area contributed by atoms with Gasteiger partial charge < -0.3 is 5.11 Å². The Labute approximate surface area is 118 Å². The zero-order valence-corrected chi connectivity index (χ0v) is 11.6. The number of hydrogen-bond donors (Lipinski definition) is 1. The Kier molecular flexibility index (Phi) is 3.34. The van der Waals surface area contributed by atoms with Gasteiger partial charge in [-0.2, -0.15) is 0 Å². The van der Waals surface area contributed by atoms with Crippen LogP contribution in [0.2, 0.25) is 0 Å². The minimum atomic E-state index is -0.316. The maximum Gasteiger partial charge on any atom is 0.261 e. The van der Waals surface area contributed by atoms with E-state index in [0.717, 1.165) is 19.3 Å². The molecule has 0 aromatic heterocycles. The van der Waals surface area contributed by atoms with Gasteiger partial charge in [-0.25, -0.2) is 0 Å². The lowest BCUT2D eigenvalue weighted by Gasteiger charge is -2.34. The summed E-state index contributed by atoms with van der Waals surface area (Å²) in [6, 6.07) is 6.96. The third-order valence-corrected chi connectivity index (χ3v) is 4.72. The molecule has 0 saturated heterocycles. The Morgan fingerprint density at radius 3 is 2.35 bits per heavy atom. The fraction of sp³-hybridized carbons (Fsp3) is 0.500. The number of aliphatic hydroxyl groups excluding tert-OH is 1. The lowest BCUT2D eigenvalue weighted by Crippen LogP contribution is -2.41. The monoisotopic (exact) mass is 273 g/mol. The summed E-state index contributed by atoms with van der Waals surface area (Å²) in [5.74, 6) is -0.0650. The number of aliphatic hydroxyl groups is 1. The molecule has 1 aliphatic carbocycles. The summed E-state index contributed by atoms with van der Waals surface area (Å²) in [4.78, 5) is 26.0. The molecule has 1 heterocycles. The predicted molar refractivity (Wildman–Crippen MR) is 74.3 cm³/mol. The minimum Gasteiger partial charge on any atom is -0.393 e. The summed E-state index contributed by atoms with van der Waals surface area (Å²) in [6.07, 6.45) is 2.43. The van der Waals surface area contributed by atoms with Crippen LogP contribution >= 0.6 is 0 Å². The van der Waals surface area contributed by atoms with E-state index in [1.807, 2.05) is 6.92 Å². The van der Waals surface area contributed by atoms with Gasteiger partial charge in [0.05, 0.1) is 17.2 Å². The van der Waals surface area contributed by atoms with Crippen LogP contribution in [0.4, 0.5) is 0 Å². The maximum atomic E-state index is 12.3. The Hall–Kier alpha value is -1.68. The Morgan fingerprint density at radius 2 is 1.75 bits per heavy atom. The number of carbonyl (C=O) groups is 2. The Morgan fingerprint density at radius 1 is 1.15 bits per heavy atom. The molecule has 1 saturated carbocycles. The highest BCUT2D eigenvalue weighted by Gasteiger charge is 2.38. The van der Waals surface area contributed by atoms with Gasteiger partial charge in [-0.05, 0) is 36.8 Å². The van der Waals surface area contributed by atoms with Crippen molar-refractivity contribution < 1.29 is 14.7 Å². The number of amides is 2. The van der Waals surface area contributed by atoms with E-state index in [-0.39, 0.29) is 29.8 Å². The number of carbonyl (C=O) groups excluding carboxylic acids is 2. The van der Waals surface area contributed by atoms with Crippen LogP contribution in [-0.2, 0) is 0 Å². The molecule has 2 amide bonds. The number of imide groups is 1. The third kappa shape index (κ3) is 2.04. The van der Waals surface area contributed by atoms with Crippen LogP contribution in [0.5, 0.6) is 0 Å². The van der Waals surface area contributed by atoms with Gasteiger partial charge in [0.1, 0.15) is 0 Å². The molecule has 1 N–H and O–H groups in total. The molecular formula is C16H19NO3. The fourth-order valence-corrected chi connectivity index (χ4v) is 3.33. The van der Waals surface area contributed by atoms with Crippen molar-refractivity contribution >= 4 is 11.8 Å². The van der Waals surface area contributed by atoms with Gasteiger partial charge in [0.25, 0.3) is 11.8 Å². The van der Waals surface area contributed by atoms with E-state index in [1.54, 1.807) is 24.3 Å². The van der Waals surface area contributed by atoms with Crippen molar-refractivity contribution in [1.29, 1.82) is 0 Å². The third-order valence-electron chi connectivity index (χ3n) is 4.72. The maximum absolute atomic E-state index is 12.3. The van der Waals surface area contributed by atoms with Gasteiger partial charge in [0.15, 0.2) is 0 Å². The minimum absolute atomic E-state index is 0.132. The van der Waals surface area contributed by atoms with Crippen molar-refractivity contribution in [3.63, 3.8) is 0 Å². The van der Waals surface area contributed by atoms with Crippen LogP contribution < -0.4 is 0 Å². The molecule has 3 atom stereocenters. The molecule has 1 aromatic carbocycles. The number of benzene rings is 1. The molecule has 0 spiro atoms. The first-order valence-corrected chi connectivity index (χ1v) is 7.23. The van der Waals surface area contributed by atoms with E-state index in [9.17, 15) is 14.7 Å². The molecule has 4 heteroatoms.